The standard InChI is InChI=1S/C17H13Cl2NO/c1-2-10-4-3-5-12-13(9-21)17(20-16(10)12)11-6-7-14(18)15(19)8-11/h3-9,20H,2H2,1H3. The van der Waals surface area contributed by atoms with Gasteiger partial charge in [0, 0.05) is 22.0 Å². The van der Waals surface area contributed by atoms with Crippen molar-refractivity contribution in [1.29, 1.82) is 0 Å². The molecule has 0 unspecified atom stereocenters. The first-order chi connectivity index (χ1) is 10.2. The number of benzene rings is 2. The van der Waals surface area contributed by atoms with Crippen molar-refractivity contribution >= 4 is 40.4 Å². The molecule has 0 radical (unpaired) electrons. The first-order valence-corrected chi connectivity index (χ1v) is 7.45. The molecule has 3 aromatic rings. The van der Waals surface area contributed by atoms with E-state index in [4.69, 9.17) is 23.2 Å². The van der Waals surface area contributed by atoms with Crippen LogP contribution in [-0.4, -0.2) is 11.3 Å². The highest BCUT2D eigenvalue weighted by atomic mass is 35.5. The number of halogens is 2. The number of carbonyl (C=O) groups excluding carboxylic acids is 1. The summed E-state index contributed by atoms with van der Waals surface area (Å²) in [5.74, 6) is 0. The molecule has 0 aliphatic carbocycles. The Labute approximate surface area is 132 Å². The SMILES string of the molecule is CCc1cccc2c(C=O)c(-c3ccc(Cl)c(Cl)c3)[nH]c12. The average Bonchev–Trinajstić information content (AvgIpc) is 2.88. The number of para-hydroxylation sites is 1. The third-order valence-electron chi connectivity index (χ3n) is 3.67. The average molecular weight is 318 g/mol. The number of fused-ring (bicyclic) bond motifs is 1. The molecule has 0 aliphatic rings. The van der Waals surface area contributed by atoms with E-state index in [0.717, 1.165) is 34.9 Å². The van der Waals surface area contributed by atoms with Gasteiger partial charge in [0.15, 0.2) is 6.29 Å². The molecule has 2 nitrogen and oxygen atoms in total. The lowest BCUT2D eigenvalue weighted by atomic mass is 10.0. The van der Waals surface area contributed by atoms with Crippen LogP contribution in [0, 0.1) is 0 Å². The van der Waals surface area contributed by atoms with E-state index in [-0.39, 0.29) is 0 Å². The third-order valence-corrected chi connectivity index (χ3v) is 4.41. The molecule has 0 saturated carbocycles. The van der Waals surface area contributed by atoms with E-state index in [1.807, 2.05) is 18.2 Å². The van der Waals surface area contributed by atoms with Gasteiger partial charge in [0.2, 0.25) is 0 Å². The Morgan fingerprint density at radius 1 is 1.14 bits per heavy atom. The Kier molecular flexibility index (Phi) is 3.75. The van der Waals surface area contributed by atoms with Gasteiger partial charge in [-0.1, -0.05) is 54.4 Å². The van der Waals surface area contributed by atoms with E-state index in [9.17, 15) is 4.79 Å². The Balaban J connectivity index is 2.31. The fourth-order valence-corrected chi connectivity index (χ4v) is 2.89. The summed E-state index contributed by atoms with van der Waals surface area (Å²) in [5, 5.41) is 1.91. The Hall–Kier alpha value is -1.77. The smallest absolute Gasteiger partial charge is 0.152 e. The molecule has 0 amide bonds. The van der Waals surface area contributed by atoms with E-state index >= 15 is 0 Å². The van der Waals surface area contributed by atoms with Crippen LogP contribution in [0.2, 0.25) is 10.0 Å². The summed E-state index contributed by atoms with van der Waals surface area (Å²) in [7, 11) is 0. The van der Waals surface area contributed by atoms with E-state index in [0.29, 0.717) is 15.6 Å². The molecule has 1 heterocycles. The number of rotatable bonds is 3. The zero-order chi connectivity index (χ0) is 15.0. The molecule has 2 aromatic carbocycles. The molecule has 0 spiro atoms. The lowest BCUT2D eigenvalue weighted by Gasteiger charge is -2.02. The molecular weight excluding hydrogens is 305 g/mol. The summed E-state index contributed by atoms with van der Waals surface area (Å²) in [4.78, 5) is 14.9. The quantitative estimate of drug-likeness (QED) is 0.634. The van der Waals surface area contributed by atoms with Crippen molar-refractivity contribution in [2.75, 3.05) is 0 Å². The zero-order valence-corrected chi connectivity index (χ0v) is 12.9. The van der Waals surface area contributed by atoms with Crippen LogP contribution in [0.15, 0.2) is 36.4 Å². The van der Waals surface area contributed by atoms with E-state index < -0.39 is 0 Å². The minimum Gasteiger partial charge on any atom is -0.354 e. The lowest BCUT2D eigenvalue weighted by molar-refractivity contribution is 0.112. The van der Waals surface area contributed by atoms with Crippen LogP contribution >= 0.6 is 23.2 Å². The maximum atomic E-state index is 11.5. The summed E-state index contributed by atoms with van der Waals surface area (Å²) in [5.41, 5.74) is 4.47. The van der Waals surface area contributed by atoms with Gasteiger partial charge in [-0.3, -0.25) is 4.79 Å². The highest BCUT2D eigenvalue weighted by molar-refractivity contribution is 6.42. The Bertz CT molecular complexity index is 836. The van der Waals surface area contributed by atoms with Crippen molar-refractivity contribution in [3.63, 3.8) is 0 Å². The Morgan fingerprint density at radius 3 is 2.62 bits per heavy atom. The number of nitrogens with one attached hydrogen (secondary N) is 1. The molecule has 3 rings (SSSR count). The van der Waals surface area contributed by atoms with E-state index in [2.05, 4.69) is 18.0 Å². The van der Waals surface area contributed by atoms with Gasteiger partial charge in [0.1, 0.15) is 0 Å². The van der Waals surface area contributed by atoms with Crippen LogP contribution in [0.1, 0.15) is 22.8 Å². The molecule has 4 heteroatoms. The molecular formula is C17H13Cl2NO. The summed E-state index contributed by atoms with van der Waals surface area (Å²) < 4.78 is 0. The van der Waals surface area contributed by atoms with Crippen molar-refractivity contribution in [1.82, 2.24) is 4.98 Å². The molecule has 0 bridgehead atoms. The van der Waals surface area contributed by atoms with Crippen molar-refractivity contribution in [2.24, 2.45) is 0 Å². The molecule has 1 N–H and O–H groups in total. The fraction of sp³-hybridized carbons (Fsp3) is 0.118. The molecule has 106 valence electrons. The topological polar surface area (TPSA) is 32.9 Å². The zero-order valence-electron chi connectivity index (χ0n) is 11.4. The van der Waals surface area contributed by atoms with Crippen LogP contribution < -0.4 is 0 Å². The number of aromatic nitrogens is 1. The molecule has 1 aromatic heterocycles. The molecule has 0 atom stereocenters. The second kappa shape index (κ2) is 5.55. The third kappa shape index (κ3) is 2.35. The monoisotopic (exact) mass is 317 g/mol. The number of aromatic amines is 1. The van der Waals surface area contributed by atoms with Crippen molar-refractivity contribution in [2.45, 2.75) is 13.3 Å². The van der Waals surface area contributed by atoms with E-state index in [1.165, 1.54) is 5.56 Å². The first-order valence-electron chi connectivity index (χ1n) is 6.70. The van der Waals surface area contributed by atoms with Gasteiger partial charge < -0.3 is 4.98 Å². The highest BCUT2D eigenvalue weighted by Crippen LogP contribution is 2.34. The maximum Gasteiger partial charge on any atom is 0.152 e. The molecule has 0 aliphatic heterocycles. The van der Waals surface area contributed by atoms with Gasteiger partial charge in [0.05, 0.1) is 15.7 Å². The minimum absolute atomic E-state index is 0.473. The number of hydrogen-bond acceptors (Lipinski definition) is 1. The normalized spacial score (nSPS) is 11.0. The highest BCUT2D eigenvalue weighted by Gasteiger charge is 2.15. The van der Waals surface area contributed by atoms with Gasteiger partial charge in [-0.05, 0) is 24.1 Å². The first kappa shape index (κ1) is 14.2. The van der Waals surface area contributed by atoms with Gasteiger partial charge in [0.25, 0.3) is 0 Å². The Morgan fingerprint density at radius 2 is 1.95 bits per heavy atom. The van der Waals surface area contributed by atoms with Crippen LogP contribution in [0.25, 0.3) is 22.2 Å². The summed E-state index contributed by atoms with van der Waals surface area (Å²) in [6, 6.07) is 11.4. The minimum atomic E-state index is 0.473. The van der Waals surface area contributed by atoms with Gasteiger partial charge >= 0.3 is 0 Å². The van der Waals surface area contributed by atoms with Crippen LogP contribution in [-0.2, 0) is 6.42 Å². The second-order valence-electron chi connectivity index (χ2n) is 4.85. The number of aryl methyl sites for hydroxylation is 1. The molecule has 0 fully saturated rings. The van der Waals surface area contributed by atoms with Gasteiger partial charge in [-0.15, -0.1) is 0 Å². The number of hydrogen-bond donors (Lipinski definition) is 1. The largest absolute Gasteiger partial charge is 0.354 e. The van der Waals surface area contributed by atoms with Gasteiger partial charge in [-0.25, -0.2) is 0 Å². The fourth-order valence-electron chi connectivity index (χ4n) is 2.60. The van der Waals surface area contributed by atoms with Crippen molar-refractivity contribution in [3.8, 4) is 11.3 Å². The second-order valence-corrected chi connectivity index (χ2v) is 5.67. The molecule has 0 saturated heterocycles. The molecule has 21 heavy (non-hydrogen) atoms. The van der Waals surface area contributed by atoms with Gasteiger partial charge in [-0.2, -0.15) is 0 Å². The van der Waals surface area contributed by atoms with Crippen LogP contribution in [0.3, 0.4) is 0 Å². The maximum absolute atomic E-state index is 11.5. The number of carbonyl (C=O) groups is 1. The summed E-state index contributed by atoms with van der Waals surface area (Å²) in [6.45, 7) is 2.09. The van der Waals surface area contributed by atoms with Crippen LogP contribution in [0.4, 0.5) is 0 Å². The van der Waals surface area contributed by atoms with Crippen LogP contribution in [0.5, 0.6) is 0 Å². The van der Waals surface area contributed by atoms with Crippen molar-refractivity contribution in [3.05, 3.63) is 57.6 Å². The number of H-pyrrole nitrogens is 1. The van der Waals surface area contributed by atoms with Crippen molar-refractivity contribution < 1.29 is 4.79 Å². The number of aldehydes is 1. The predicted molar refractivity (Wildman–Crippen MR) is 88.5 cm³/mol. The predicted octanol–water partition coefficient (Wildman–Crippen LogP) is 5.52. The summed E-state index contributed by atoms with van der Waals surface area (Å²) >= 11 is 12.0. The van der Waals surface area contributed by atoms with E-state index in [1.54, 1.807) is 12.1 Å². The lowest BCUT2D eigenvalue weighted by Crippen LogP contribution is -1.84. The summed E-state index contributed by atoms with van der Waals surface area (Å²) in [6.07, 6.45) is 1.78.